The van der Waals surface area contributed by atoms with Crippen LogP contribution < -0.4 is 0 Å². The van der Waals surface area contributed by atoms with Crippen molar-refractivity contribution in [1.29, 1.82) is 0 Å². The van der Waals surface area contributed by atoms with Crippen LogP contribution in [0.2, 0.25) is 0 Å². The van der Waals surface area contributed by atoms with Gasteiger partial charge in [-0.05, 0) is 55.7 Å². The molecule has 0 saturated heterocycles. The summed E-state index contributed by atoms with van der Waals surface area (Å²) >= 11 is 0. The lowest BCUT2D eigenvalue weighted by Gasteiger charge is -2.06. The van der Waals surface area contributed by atoms with E-state index in [4.69, 9.17) is 0 Å². The van der Waals surface area contributed by atoms with Gasteiger partial charge in [0.05, 0.1) is 0 Å². The van der Waals surface area contributed by atoms with E-state index in [9.17, 15) is 4.79 Å². The fourth-order valence-corrected chi connectivity index (χ4v) is 2.35. The van der Waals surface area contributed by atoms with E-state index in [1.807, 2.05) is 38.1 Å². The Morgan fingerprint density at radius 3 is 2.50 bits per heavy atom. The highest BCUT2D eigenvalue weighted by Crippen LogP contribution is 2.18. The van der Waals surface area contributed by atoms with Gasteiger partial charge < -0.3 is 0 Å². The zero-order valence-corrected chi connectivity index (χ0v) is 14.0. The van der Waals surface area contributed by atoms with Gasteiger partial charge in [0.15, 0.2) is 5.78 Å². The van der Waals surface area contributed by atoms with Crippen LogP contribution in [0, 0.1) is 0 Å². The van der Waals surface area contributed by atoms with E-state index in [-0.39, 0.29) is 5.78 Å². The zero-order valence-electron chi connectivity index (χ0n) is 14.0. The van der Waals surface area contributed by atoms with Gasteiger partial charge in [0.25, 0.3) is 0 Å². The molecule has 22 heavy (non-hydrogen) atoms. The topological polar surface area (TPSA) is 17.1 Å². The highest BCUT2D eigenvalue weighted by molar-refractivity contribution is 5.95. The third-order valence-electron chi connectivity index (χ3n) is 3.59. The van der Waals surface area contributed by atoms with Crippen molar-refractivity contribution in [3.63, 3.8) is 0 Å². The fraction of sp³-hybridized carbons (Fsp3) is 0.381. The van der Waals surface area contributed by atoms with Crippen LogP contribution in [0.15, 0.2) is 60.2 Å². The summed E-state index contributed by atoms with van der Waals surface area (Å²) in [5.41, 5.74) is 3.29. The Morgan fingerprint density at radius 1 is 1.14 bits per heavy atom. The summed E-state index contributed by atoms with van der Waals surface area (Å²) in [6.45, 7) is 7.74. The molecule has 0 unspecified atom stereocenters. The van der Waals surface area contributed by atoms with Crippen molar-refractivity contribution in [2.45, 2.75) is 52.4 Å². The second kappa shape index (κ2) is 10.8. The molecular weight excluding hydrogens is 268 g/mol. The number of unbranched alkanes of at least 4 members (excludes halogenated alkanes) is 2. The van der Waals surface area contributed by atoms with Crippen molar-refractivity contribution in [3.05, 3.63) is 65.8 Å². The molecule has 0 amide bonds. The molecule has 0 N–H and O–H groups in total. The SMILES string of the molecule is C=CCCCCC(=C\c1ccccc1)/C=C(\C)C(=O)CCC. The number of hydrogen-bond acceptors (Lipinski definition) is 1. The van der Waals surface area contributed by atoms with Gasteiger partial charge in [0.1, 0.15) is 0 Å². The number of ketones is 1. The van der Waals surface area contributed by atoms with Gasteiger partial charge >= 0.3 is 0 Å². The molecular formula is C21H28O. The highest BCUT2D eigenvalue weighted by atomic mass is 16.1. The molecule has 0 aliphatic carbocycles. The second-order valence-corrected chi connectivity index (χ2v) is 5.66. The first kappa shape index (κ1) is 18.2. The van der Waals surface area contributed by atoms with Crippen molar-refractivity contribution in [2.24, 2.45) is 0 Å². The number of benzene rings is 1. The van der Waals surface area contributed by atoms with E-state index in [1.165, 1.54) is 11.1 Å². The van der Waals surface area contributed by atoms with Crippen LogP contribution in [0.4, 0.5) is 0 Å². The van der Waals surface area contributed by atoms with E-state index in [0.29, 0.717) is 6.42 Å². The van der Waals surface area contributed by atoms with E-state index < -0.39 is 0 Å². The predicted molar refractivity (Wildman–Crippen MR) is 96.8 cm³/mol. The number of hydrogen-bond donors (Lipinski definition) is 0. The smallest absolute Gasteiger partial charge is 0.158 e. The van der Waals surface area contributed by atoms with Gasteiger partial charge in [0, 0.05) is 6.42 Å². The first-order chi connectivity index (χ1) is 10.7. The van der Waals surface area contributed by atoms with Gasteiger partial charge in [-0.15, -0.1) is 6.58 Å². The number of allylic oxidation sites excluding steroid dienone is 4. The Kier molecular flexibility index (Phi) is 8.90. The molecule has 0 radical (unpaired) electrons. The average Bonchev–Trinajstić information content (AvgIpc) is 2.52. The van der Waals surface area contributed by atoms with Gasteiger partial charge in [-0.2, -0.15) is 0 Å². The monoisotopic (exact) mass is 296 g/mol. The van der Waals surface area contributed by atoms with Crippen LogP contribution in [0.25, 0.3) is 6.08 Å². The molecule has 0 spiro atoms. The van der Waals surface area contributed by atoms with Crippen molar-refractivity contribution >= 4 is 11.9 Å². The Labute approximate surface area is 135 Å². The lowest BCUT2D eigenvalue weighted by atomic mass is 9.99. The predicted octanol–water partition coefficient (Wildman–Crippen LogP) is 6.13. The maximum absolute atomic E-state index is 12.0. The van der Waals surface area contributed by atoms with Crippen molar-refractivity contribution in [1.82, 2.24) is 0 Å². The van der Waals surface area contributed by atoms with Crippen molar-refractivity contribution in [3.8, 4) is 0 Å². The minimum atomic E-state index is 0.257. The van der Waals surface area contributed by atoms with Crippen LogP contribution in [0.5, 0.6) is 0 Å². The van der Waals surface area contributed by atoms with Crippen molar-refractivity contribution < 1.29 is 4.79 Å². The van der Waals surface area contributed by atoms with E-state index in [2.05, 4.69) is 30.9 Å². The number of carbonyl (C=O) groups is 1. The summed E-state index contributed by atoms with van der Waals surface area (Å²) in [5, 5.41) is 0. The molecule has 118 valence electrons. The second-order valence-electron chi connectivity index (χ2n) is 5.66. The summed E-state index contributed by atoms with van der Waals surface area (Å²) in [6, 6.07) is 10.3. The summed E-state index contributed by atoms with van der Waals surface area (Å²) in [6.07, 6.45) is 12.1. The summed E-state index contributed by atoms with van der Waals surface area (Å²) < 4.78 is 0. The van der Waals surface area contributed by atoms with Crippen LogP contribution >= 0.6 is 0 Å². The molecule has 0 aromatic heterocycles. The van der Waals surface area contributed by atoms with Crippen LogP contribution in [0.1, 0.15) is 57.9 Å². The van der Waals surface area contributed by atoms with Gasteiger partial charge in [0.2, 0.25) is 0 Å². The number of Topliss-reactive ketones (excluding diaryl/α,β-unsaturated/α-hetero) is 1. The molecule has 0 heterocycles. The third-order valence-corrected chi connectivity index (χ3v) is 3.59. The normalized spacial score (nSPS) is 12.3. The van der Waals surface area contributed by atoms with E-state index >= 15 is 0 Å². The quantitative estimate of drug-likeness (QED) is 0.219. The Hall–Kier alpha value is -1.89. The van der Waals surface area contributed by atoms with Crippen LogP contribution in [0.3, 0.4) is 0 Å². The van der Waals surface area contributed by atoms with E-state index in [0.717, 1.165) is 37.7 Å². The van der Waals surface area contributed by atoms with Crippen LogP contribution in [-0.2, 0) is 4.79 Å². The van der Waals surface area contributed by atoms with Crippen LogP contribution in [-0.4, -0.2) is 5.78 Å². The van der Waals surface area contributed by atoms with Crippen molar-refractivity contribution in [2.75, 3.05) is 0 Å². The Balaban J connectivity index is 2.86. The molecule has 1 nitrogen and oxygen atoms in total. The lowest BCUT2D eigenvalue weighted by Crippen LogP contribution is -1.99. The van der Waals surface area contributed by atoms with E-state index in [1.54, 1.807) is 0 Å². The fourth-order valence-electron chi connectivity index (χ4n) is 2.35. The standard InChI is InChI=1S/C21H28O/c1-4-6-7-9-15-20(16-18(3)21(22)12-5-2)17-19-13-10-8-11-14-19/h4,8,10-11,13-14,16-17H,1,5-7,9,12,15H2,2-3H3/b18-16+,20-17+. The first-order valence-electron chi connectivity index (χ1n) is 8.25. The molecule has 0 atom stereocenters. The largest absolute Gasteiger partial charge is 0.295 e. The molecule has 0 bridgehead atoms. The molecule has 0 aliphatic heterocycles. The summed E-state index contributed by atoms with van der Waals surface area (Å²) in [7, 11) is 0. The molecule has 1 aromatic carbocycles. The average molecular weight is 296 g/mol. The maximum Gasteiger partial charge on any atom is 0.158 e. The van der Waals surface area contributed by atoms with Gasteiger partial charge in [-0.1, -0.05) is 55.5 Å². The number of carbonyl (C=O) groups excluding carboxylic acids is 1. The third kappa shape index (κ3) is 7.21. The first-order valence-corrected chi connectivity index (χ1v) is 8.25. The maximum atomic E-state index is 12.0. The Morgan fingerprint density at radius 2 is 1.86 bits per heavy atom. The molecule has 1 heteroatoms. The molecule has 1 rings (SSSR count). The summed E-state index contributed by atoms with van der Waals surface area (Å²) in [5.74, 6) is 0.257. The molecule has 0 fully saturated rings. The molecule has 0 aliphatic rings. The molecule has 0 saturated carbocycles. The minimum Gasteiger partial charge on any atom is -0.295 e. The Bertz CT molecular complexity index is 520. The zero-order chi connectivity index (χ0) is 16.2. The van der Waals surface area contributed by atoms with Gasteiger partial charge in [-0.3, -0.25) is 4.79 Å². The minimum absolute atomic E-state index is 0.257. The molecule has 1 aromatic rings. The summed E-state index contributed by atoms with van der Waals surface area (Å²) in [4.78, 5) is 12.0. The number of rotatable bonds is 10. The highest BCUT2D eigenvalue weighted by Gasteiger charge is 2.04. The lowest BCUT2D eigenvalue weighted by molar-refractivity contribution is -0.115. The van der Waals surface area contributed by atoms with Gasteiger partial charge in [-0.25, -0.2) is 0 Å².